The van der Waals surface area contributed by atoms with E-state index in [9.17, 15) is 0 Å². The fourth-order valence-corrected chi connectivity index (χ4v) is 3.23. The summed E-state index contributed by atoms with van der Waals surface area (Å²) in [5, 5.41) is 11.6. The minimum absolute atomic E-state index is 0. The molecule has 0 aliphatic carbocycles. The summed E-state index contributed by atoms with van der Waals surface area (Å²) in [7, 11) is 0. The van der Waals surface area contributed by atoms with Crippen LogP contribution in [0.3, 0.4) is 0 Å². The lowest BCUT2D eigenvalue weighted by Gasteiger charge is -2.25. The Morgan fingerprint density at radius 1 is 1.33 bits per heavy atom. The molecule has 1 aromatic heterocycles. The third-order valence-corrected chi connectivity index (χ3v) is 4.94. The predicted octanol–water partition coefficient (Wildman–Crippen LogP) is 3.85. The van der Waals surface area contributed by atoms with Crippen molar-refractivity contribution in [2.75, 3.05) is 6.54 Å². The van der Waals surface area contributed by atoms with E-state index in [2.05, 4.69) is 74.2 Å². The van der Waals surface area contributed by atoms with E-state index in [-0.39, 0.29) is 24.0 Å². The summed E-state index contributed by atoms with van der Waals surface area (Å²) in [5.74, 6) is 3.26. The normalized spacial score (nSPS) is 16.6. The van der Waals surface area contributed by atoms with E-state index in [1.54, 1.807) is 0 Å². The molecule has 0 bridgehead atoms. The van der Waals surface area contributed by atoms with E-state index in [1.807, 2.05) is 12.1 Å². The number of halogens is 2. The monoisotopic (exact) mass is 546 g/mol. The van der Waals surface area contributed by atoms with Crippen molar-refractivity contribution in [2.45, 2.75) is 58.7 Å². The SMILES string of the molecule is CCNC(=NCc1ccc(Br)cc1)NC1CCc2nc(C(C)C)nn2C1.I. The maximum atomic E-state index is 4.73. The van der Waals surface area contributed by atoms with Gasteiger partial charge in [-0.2, -0.15) is 5.10 Å². The molecule has 0 amide bonds. The molecule has 0 spiro atoms. The summed E-state index contributed by atoms with van der Waals surface area (Å²) in [4.78, 5) is 9.39. The van der Waals surface area contributed by atoms with E-state index in [0.29, 0.717) is 18.5 Å². The Hall–Kier alpha value is -1.16. The van der Waals surface area contributed by atoms with E-state index in [1.165, 1.54) is 5.56 Å². The highest BCUT2D eigenvalue weighted by Crippen LogP contribution is 2.17. The molecule has 1 atom stereocenters. The minimum atomic E-state index is 0. The molecule has 1 aliphatic rings. The van der Waals surface area contributed by atoms with Crippen LogP contribution in [-0.2, 0) is 19.5 Å². The number of guanidine groups is 1. The first-order valence-electron chi connectivity index (χ1n) is 9.28. The fourth-order valence-electron chi connectivity index (χ4n) is 2.96. The molecule has 2 heterocycles. The second-order valence-electron chi connectivity index (χ2n) is 6.92. The second kappa shape index (κ2) is 10.4. The van der Waals surface area contributed by atoms with Gasteiger partial charge in [-0.25, -0.2) is 14.7 Å². The molecule has 2 N–H and O–H groups in total. The summed E-state index contributed by atoms with van der Waals surface area (Å²) in [6.07, 6.45) is 1.99. The summed E-state index contributed by atoms with van der Waals surface area (Å²) >= 11 is 3.47. The lowest BCUT2D eigenvalue weighted by atomic mass is 10.1. The Morgan fingerprint density at radius 3 is 2.74 bits per heavy atom. The van der Waals surface area contributed by atoms with Crippen molar-refractivity contribution in [3.8, 4) is 0 Å². The minimum Gasteiger partial charge on any atom is -0.357 e. The summed E-state index contributed by atoms with van der Waals surface area (Å²) < 4.78 is 3.14. The van der Waals surface area contributed by atoms with Gasteiger partial charge < -0.3 is 10.6 Å². The smallest absolute Gasteiger partial charge is 0.191 e. The van der Waals surface area contributed by atoms with Crippen LogP contribution in [-0.4, -0.2) is 33.3 Å². The van der Waals surface area contributed by atoms with Crippen molar-refractivity contribution in [2.24, 2.45) is 4.99 Å². The van der Waals surface area contributed by atoms with Crippen LogP contribution in [0.5, 0.6) is 0 Å². The maximum absolute atomic E-state index is 4.73. The number of aryl methyl sites for hydroxylation is 1. The third kappa shape index (κ3) is 6.17. The van der Waals surface area contributed by atoms with E-state index >= 15 is 0 Å². The predicted molar refractivity (Wildman–Crippen MR) is 124 cm³/mol. The average Bonchev–Trinajstić information content (AvgIpc) is 3.05. The molecule has 0 radical (unpaired) electrons. The standard InChI is InChI=1S/C19H27BrN6.HI/c1-4-21-19(22-11-14-5-7-15(20)8-6-14)23-16-9-10-17-24-18(13(2)3)25-26(17)12-16;/h5-8,13,16H,4,9-12H2,1-3H3,(H2,21,22,23);1H. The first-order chi connectivity index (χ1) is 12.5. The van der Waals surface area contributed by atoms with Gasteiger partial charge in [-0.15, -0.1) is 24.0 Å². The number of rotatable bonds is 5. The van der Waals surface area contributed by atoms with Crippen LogP contribution in [0.1, 0.15) is 50.3 Å². The van der Waals surface area contributed by atoms with Crippen LogP contribution in [0.15, 0.2) is 33.7 Å². The van der Waals surface area contributed by atoms with Gasteiger partial charge in [0.15, 0.2) is 11.8 Å². The molecule has 0 saturated carbocycles. The molecule has 148 valence electrons. The fraction of sp³-hybridized carbons (Fsp3) is 0.526. The zero-order chi connectivity index (χ0) is 18.5. The van der Waals surface area contributed by atoms with Crippen molar-refractivity contribution in [1.29, 1.82) is 0 Å². The Labute approximate surface area is 186 Å². The molecule has 0 saturated heterocycles. The molecular weight excluding hydrogens is 519 g/mol. The zero-order valence-electron chi connectivity index (χ0n) is 16.1. The number of hydrogen-bond acceptors (Lipinski definition) is 3. The van der Waals surface area contributed by atoms with Crippen molar-refractivity contribution >= 4 is 45.9 Å². The van der Waals surface area contributed by atoms with Crippen LogP contribution >= 0.6 is 39.9 Å². The van der Waals surface area contributed by atoms with Gasteiger partial charge in [0.1, 0.15) is 5.82 Å². The number of fused-ring (bicyclic) bond motifs is 1. The lowest BCUT2D eigenvalue weighted by Crippen LogP contribution is -2.47. The van der Waals surface area contributed by atoms with Gasteiger partial charge in [-0.3, -0.25) is 0 Å². The Balaban J connectivity index is 0.00000261. The van der Waals surface area contributed by atoms with Crippen LogP contribution < -0.4 is 10.6 Å². The molecular formula is C19H28BrIN6. The van der Waals surface area contributed by atoms with Crippen LogP contribution in [0.25, 0.3) is 0 Å². The molecule has 27 heavy (non-hydrogen) atoms. The molecule has 3 rings (SSSR count). The summed E-state index contributed by atoms with van der Waals surface area (Å²) in [5.41, 5.74) is 1.19. The highest BCUT2D eigenvalue weighted by molar-refractivity contribution is 14.0. The third-order valence-electron chi connectivity index (χ3n) is 4.41. The van der Waals surface area contributed by atoms with Gasteiger partial charge >= 0.3 is 0 Å². The molecule has 1 unspecified atom stereocenters. The second-order valence-corrected chi connectivity index (χ2v) is 7.84. The number of nitrogens with one attached hydrogen (secondary N) is 2. The maximum Gasteiger partial charge on any atom is 0.191 e. The highest BCUT2D eigenvalue weighted by atomic mass is 127. The number of aromatic nitrogens is 3. The van der Waals surface area contributed by atoms with E-state index in [4.69, 9.17) is 4.99 Å². The van der Waals surface area contributed by atoms with Crippen molar-refractivity contribution in [3.63, 3.8) is 0 Å². The van der Waals surface area contributed by atoms with Crippen molar-refractivity contribution in [1.82, 2.24) is 25.4 Å². The zero-order valence-corrected chi connectivity index (χ0v) is 20.0. The van der Waals surface area contributed by atoms with Gasteiger partial charge in [0.2, 0.25) is 0 Å². The number of benzene rings is 1. The lowest BCUT2D eigenvalue weighted by molar-refractivity contribution is 0.391. The van der Waals surface area contributed by atoms with Gasteiger partial charge in [0, 0.05) is 29.4 Å². The first-order valence-corrected chi connectivity index (χ1v) is 10.1. The van der Waals surface area contributed by atoms with Gasteiger partial charge in [0.25, 0.3) is 0 Å². The molecule has 6 nitrogen and oxygen atoms in total. The van der Waals surface area contributed by atoms with Gasteiger partial charge in [-0.1, -0.05) is 41.9 Å². The van der Waals surface area contributed by atoms with Crippen molar-refractivity contribution < 1.29 is 0 Å². The number of nitrogens with zero attached hydrogens (tertiary/aromatic N) is 4. The first kappa shape index (κ1) is 22.1. The highest BCUT2D eigenvalue weighted by Gasteiger charge is 2.23. The van der Waals surface area contributed by atoms with Crippen LogP contribution in [0.2, 0.25) is 0 Å². The molecule has 2 aromatic rings. The largest absolute Gasteiger partial charge is 0.357 e. The summed E-state index contributed by atoms with van der Waals surface area (Å²) in [6, 6.07) is 8.59. The summed E-state index contributed by atoms with van der Waals surface area (Å²) in [6.45, 7) is 8.68. The quantitative estimate of drug-likeness (QED) is 0.339. The van der Waals surface area contributed by atoms with Gasteiger partial charge in [0.05, 0.1) is 13.1 Å². The Kier molecular flexibility index (Phi) is 8.53. The number of hydrogen-bond donors (Lipinski definition) is 2. The van der Waals surface area contributed by atoms with Gasteiger partial charge in [-0.05, 0) is 31.0 Å². The Morgan fingerprint density at radius 2 is 2.07 bits per heavy atom. The van der Waals surface area contributed by atoms with E-state index < -0.39 is 0 Å². The topological polar surface area (TPSA) is 67.1 Å². The average molecular weight is 547 g/mol. The Bertz CT molecular complexity index is 756. The number of aliphatic imine (C=N–C) groups is 1. The molecule has 8 heteroatoms. The molecule has 0 fully saturated rings. The van der Waals surface area contributed by atoms with E-state index in [0.717, 1.165) is 48.0 Å². The molecule has 1 aromatic carbocycles. The molecule has 1 aliphatic heterocycles. The van der Waals surface area contributed by atoms with Crippen LogP contribution in [0.4, 0.5) is 0 Å². The van der Waals surface area contributed by atoms with Crippen LogP contribution in [0, 0.1) is 0 Å². The van der Waals surface area contributed by atoms with Crippen molar-refractivity contribution in [3.05, 3.63) is 46.0 Å².